The molecular weight excluding hydrogens is 327 g/mol. The number of rotatable bonds is 2. The summed E-state index contributed by atoms with van der Waals surface area (Å²) < 4.78 is 5.59. The van der Waals surface area contributed by atoms with Gasteiger partial charge in [0.25, 0.3) is 0 Å². The molecule has 2 fully saturated rings. The second kappa shape index (κ2) is 5.00. The second-order valence-electron chi connectivity index (χ2n) is 8.26. The SMILES string of the molecule is [B][N+]12CC[C@]34C(=C(C(=O)OC)[C@@H](C[C@@H]31)[C@H](C(C)=O)C2)Nc1ccccc14. The van der Waals surface area contributed by atoms with Crippen LogP contribution < -0.4 is 5.32 Å². The number of nitrogens with one attached hydrogen (secondary N) is 1. The minimum Gasteiger partial charge on any atom is -0.466 e. The molecule has 2 radical (unpaired) electrons. The lowest BCUT2D eigenvalue weighted by Gasteiger charge is -2.53. The van der Waals surface area contributed by atoms with E-state index in [1.807, 2.05) is 12.1 Å². The summed E-state index contributed by atoms with van der Waals surface area (Å²) in [5.74, 6) is -0.575. The minimum atomic E-state index is -0.321. The van der Waals surface area contributed by atoms with Crippen LogP contribution in [0.4, 0.5) is 5.69 Å². The van der Waals surface area contributed by atoms with E-state index in [1.165, 1.54) is 12.7 Å². The van der Waals surface area contributed by atoms with Crippen molar-refractivity contribution in [3.05, 3.63) is 41.1 Å². The number of piperidine rings is 1. The van der Waals surface area contributed by atoms with E-state index in [9.17, 15) is 9.59 Å². The molecule has 6 heteroatoms. The quantitative estimate of drug-likeness (QED) is 0.652. The summed E-state index contributed by atoms with van der Waals surface area (Å²) >= 11 is 0. The number of esters is 1. The number of ether oxygens (including phenoxy) is 1. The zero-order valence-electron chi connectivity index (χ0n) is 15.1. The summed E-state index contributed by atoms with van der Waals surface area (Å²) in [6.07, 6.45) is 1.63. The van der Waals surface area contributed by atoms with Gasteiger partial charge in [0.2, 0.25) is 0 Å². The van der Waals surface area contributed by atoms with Gasteiger partial charge in [0.05, 0.1) is 43.1 Å². The number of methoxy groups -OCH3 is 1. The van der Waals surface area contributed by atoms with Crippen molar-refractivity contribution >= 4 is 25.4 Å². The first kappa shape index (κ1) is 16.1. The Balaban J connectivity index is 1.82. The van der Waals surface area contributed by atoms with Gasteiger partial charge in [0.1, 0.15) is 5.78 Å². The minimum absolute atomic E-state index is 0.105. The number of hydrogen-bond acceptors (Lipinski definition) is 4. The fourth-order valence-corrected chi connectivity index (χ4v) is 6.23. The lowest BCUT2D eigenvalue weighted by atomic mass is 9.59. The number of ketones is 1. The maximum absolute atomic E-state index is 12.8. The molecule has 1 aromatic rings. The van der Waals surface area contributed by atoms with E-state index >= 15 is 0 Å². The number of para-hydroxylation sites is 1. The smallest absolute Gasteiger partial charge is 0.466 e. The number of Topliss-reactive ketones (excluding diaryl/α,β-unsaturated/α-hetero) is 1. The zero-order valence-corrected chi connectivity index (χ0v) is 15.1. The van der Waals surface area contributed by atoms with Crippen LogP contribution >= 0.6 is 0 Å². The van der Waals surface area contributed by atoms with Crippen LogP contribution in [0.25, 0.3) is 0 Å². The average Bonchev–Trinajstić information content (AvgIpc) is 3.14. The van der Waals surface area contributed by atoms with Crippen LogP contribution in [0.3, 0.4) is 0 Å². The van der Waals surface area contributed by atoms with Gasteiger partial charge in [-0.1, -0.05) is 18.2 Å². The van der Waals surface area contributed by atoms with Gasteiger partial charge < -0.3 is 14.4 Å². The van der Waals surface area contributed by atoms with Crippen LogP contribution in [0, 0.1) is 11.8 Å². The van der Waals surface area contributed by atoms with Crippen molar-refractivity contribution in [3.8, 4) is 0 Å². The Morgan fingerprint density at radius 2 is 2.12 bits per heavy atom. The summed E-state index contributed by atoms with van der Waals surface area (Å²) in [5, 5.41) is 3.53. The standard InChI is InChI=1S/C20H22BN2O3/c1-11(24)13-10-23(21)8-7-20-14-5-3-4-6-15(14)22-18(20)17(19(25)26-2)12(13)9-16(20)23/h3-6,12-13,16,22H,7-10H2,1-2H3/q+1/t12-,13-,16-,20+,23?/m0/s1. The van der Waals surface area contributed by atoms with Crippen molar-refractivity contribution in [1.82, 2.24) is 0 Å². The van der Waals surface area contributed by atoms with Gasteiger partial charge in [0.15, 0.2) is 0 Å². The van der Waals surface area contributed by atoms with E-state index in [4.69, 9.17) is 12.7 Å². The first-order valence-electron chi connectivity index (χ1n) is 9.27. The molecule has 1 aromatic carbocycles. The molecule has 3 heterocycles. The average molecular weight is 349 g/mol. The Bertz CT molecular complexity index is 882. The Labute approximate surface area is 154 Å². The largest absolute Gasteiger partial charge is 0.481 e. The highest BCUT2D eigenvalue weighted by Crippen LogP contribution is 2.63. The fourth-order valence-electron chi connectivity index (χ4n) is 6.23. The summed E-state index contributed by atoms with van der Waals surface area (Å²) in [6.45, 7) is 3.03. The Morgan fingerprint density at radius 3 is 2.85 bits per heavy atom. The molecule has 2 bridgehead atoms. The molecule has 26 heavy (non-hydrogen) atoms. The molecule has 1 unspecified atom stereocenters. The molecule has 1 N–H and O–H groups in total. The number of quaternary nitrogens is 1. The lowest BCUT2D eigenvalue weighted by molar-refractivity contribution is -0.842. The van der Waals surface area contributed by atoms with Crippen LogP contribution in [0.15, 0.2) is 35.5 Å². The summed E-state index contributed by atoms with van der Waals surface area (Å²) in [6, 6.07) is 8.44. The third-order valence-corrected chi connectivity index (χ3v) is 7.29. The number of fused-ring (bicyclic) bond motifs is 2. The molecule has 1 aliphatic carbocycles. The van der Waals surface area contributed by atoms with Crippen molar-refractivity contribution in [3.63, 3.8) is 0 Å². The number of carbonyl (C=O) groups excluding carboxylic acids is 2. The molecular formula is C20H22BN2O3+. The van der Waals surface area contributed by atoms with Crippen molar-refractivity contribution in [2.75, 3.05) is 25.5 Å². The summed E-state index contributed by atoms with van der Waals surface area (Å²) in [4.78, 5) is 25.2. The van der Waals surface area contributed by atoms with E-state index in [2.05, 4.69) is 17.4 Å². The van der Waals surface area contributed by atoms with Crippen LogP contribution in [0.5, 0.6) is 0 Å². The highest BCUT2D eigenvalue weighted by atomic mass is 16.5. The molecule has 0 aromatic heterocycles. The third-order valence-electron chi connectivity index (χ3n) is 7.29. The molecule has 5 rings (SSSR count). The van der Waals surface area contributed by atoms with E-state index in [0.717, 1.165) is 30.8 Å². The molecule has 132 valence electrons. The van der Waals surface area contributed by atoms with Crippen molar-refractivity contribution in [2.45, 2.75) is 31.2 Å². The van der Waals surface area contributed by atoms with E-state index in [-0.39, 0.29) is 35.0 Å². The van der Waals surface area contributed by atoms with E-state index in [1.54, 1.807) is 6.92 Å². The summed E-state index contributed by atoms with van der Waals surface area (Å²) in [5.41, 5.74) is 3.60. The van der Waals surface area contributed by atoms with E-state index < -0.39 is 0 Å². The fraction of sp³-hybridized carbons (Fsp3) is 0.500. The van der Waals surface area contributed by atoms with Gasteiger partial charge in [-0.2, -0.15) is 0 Å². The molecule has 4 aliphatic rings. The first-order chi connectivity index (χ1) is 12.4. The van der Waals surface area contributed by atoms with Gasteiger partial charge in [-0.15, -0.1) is 0 Å². The van der Waals surface area contributed by atoms with Crippen molar-refractivity contribution in [1.29, 1.82) is 0 Å². The molecule has 5 atom stereocenters. The number of carbonyl (C=O) groups is 2. The zero-order chi connectivity index (χ0) is 18.3. The Hall–Kier alpha value is -2.08. The third kappa shape index (κ3) is 1.71. The molecule has 3 aliphatic heterocycles. The molecule has 0 amide bonds. The number of nitrogens with zero attached hydrogens (tertiary/aromatic N) is 1. The van der Waals surface area contributed by atoms with Crippen molar-refractivity contribution < 1.29 is 18.7 Å². The topological polar surface area (TPSA) is 55.4 Å². The van der Waals surface area contributed by atoms with E-state index in [0.29, 0.717) is 16.5 Å². The van der Waals surface area contributed by atoms with Crippen LogP contribution in [0.1, 0.15) is 25.3 Å². The van der Waals surface area contributed by atoms with Crippen LogP contribution in [-0.2, 0) is 19.7 Å². The monoisotopic (exact) mass is 349 g/mol. The first-order valence-corrected chi connectivity index (χ1v) is 9.27. The summed E-state index contributed by atoms with van der Waals surface area (Å²) in [7, 11) is 8.28. The van der Waals surface area contributed by atoms with Gasteiger partial charge in [-0.3, -0.25) is 4.79 Å². The molecule has 2 saturated heterocycles. The maximum atomic E-state index is 12.8. The number of hydrogen-bond donors (Lipinski definition) is 1. The highest BCUT2D eigenvalue weighted by molar-refractivity contribution is 5.99. The molecule has 0 saturated carbocycles. The maximum Gasteiger partial charge on any atom is 0.481 e. The Morgan fingerprint density at radius 1 is 1.35 bits per heavy atom. The molecule has 5 nitrogen and oxygen atoms in total. The van der Waals surface area contributed by atoms with Gasteiger partial charge in [-0.05, 0) is 18.6 Å². The predicted octanol–water partition coefficient (Wildman–Crippen LogP) is 1.69. The van der Waals surface area contributed by atoms with Crippen LogP contribution in [-0.4, -0.2) is 50.4 Å². The predicted molar refractivity (Wildman–Crippen MR) is 97.2 cm³/mol. The van der Waals surface area contributed by atoms with Crippen LogP contribution in [0.2, 0.25) is 0 Å². The Kier molecular flexibility index (Phi) is 3.10. The van der Waals surface area contributed by atoms with Gasteiger partial charge >= 0.3 is 14.0 Å². The number of benzene rings is 1. The number of anilines is 1. The van der Waals surface area contributed by atoms with Gasteiger partial charge in [0, 0.05) is 30.1 Å². The normalized spacial score (nSPS) is 39.1. The van der Waals surface area contributed by atoms with Gasteiger partial charge in [-0.25, -0.2) is 4.79 Å². The van der Waals surface area contributed by atoms with Crippen molar-refractivity contribution in [2.24, 2.45) is 11.8 Å². The lowest BCUT2D eigenvalue weighted by Crippen LogP contribution is -2.65. The second-order valence-corrected chi connectivity index (χ2v) is 8.26. The molecule has 1 spiro atoms. The highest BCUT2D eigenvalue weighted by Gasteiger charge is 2.68.